The Balaban J connectivity index is 2.49. The zero-order valence-corrected chi connectivity index (χ0v) is 10.1. The number of carbonyl (C=O) groups is 1. The summed E-state index contributed by atoms with van der Waals surface area (Å²) in [5.74, 6) is 0.846. The van der Waals surface area contributed by atoms with Gasteiger partial charge in [-0.25, -0.2) is 4.98 Å². The summed E-state index contributed by atoms with van der Waals surface area (Å²) in [5.41, 5.74) is 0. The highest BCUT2D eigenvalue weighted by Gasteiger charge is 2.15. The van der Waals surface area contributed by atoms with E-state index in [0.717, 1.165) is 25.7 Å². The Morgan fingerprint density at radius 1 is 1.44 bits per heavy atom. The van der Waals surface area contributed by atoms with Crippen molar-refractivity contribution >= 4 is 11.7 Å². The first kappa shape index (κ1) is 12.7. The van der Waals surface area contributed by atoms with Crippen LogP contribution in [0.3, 0.4) is 0 Å². The molecule has 1 rings (SSSR count). The van der Waals surface area contributed by atoms with Crippen LogP contribution in [0.5, 0.6) is 0 Å². The predicted octanol–water partition coefficient (Wildman–Crippen LogP) is 3.24. The fourth-order valence-corrected chi connectivity index (χ4v) is 1.64. The molecule has 0 aliphatic carbocycles. The van der Waals surface area contributed by atoms with Crippen molar-refractivity contribution in [1.82, 2.24) is 4.98 Å². The zero-order valence-electron chi connectivity index (χ0n) is 10.1. The predicted molar refractivity (Wildman–Crippen MR) is 66.2 cm³/mol. The molecule has 0 bridgehead atoms. The van der Waals surface area contributed by atoms with Crippen molar-refractivity contribution in [3.63, 3.8) is 0 Å². The lowest BCUT2D eigenvalue weighted by atomic mass is 9.98. The second-order valence-electron chi connectivity index (χ2n) is 3.95. The van der Waals surface area contributed by atoms with Crippen LogP contribution >= 0.6 is 0 Å². The summed E-state index contributed by atoms with van der Waals surface area (Å²) >= 11 is 0. The number of nitrogens with zero attached hydrogens (tertiary/aromatic N) is 1. The van der Waals surface area contributed by atoms with Crippen molar-refractivity contribution in [2.24, 2.45) is 5.92 Å². The average molecular weight is 220 g/mol. The van der Waals surface area contributed by atoms with Crippen molar-refractivity contribution < 1.29 is 4.79 Å². The first-order valence-electron chi connectivity index (χ1n) is 5.99. The highest BCUT2D eigenvalue weighted by Crippen LogP contribution is 2.14. The number of rotatable bonds is 6. The molecule has 88 valence electrons. The van der Waals surface area contributed by atoms with Gasteiger partial charge in [-0.05, 0) is 25.0 Å². The third kappa shape index (κ3) is 4.01. The van der Waals surface area contributed by atoms with Gasteiger partial charge in [0.25, 0.3) is 0 Å². The molecule has 0 unspecified atom stereocenters. The fraction of sp³-hybridized carbons (Fsp3) is 0.538. The molecule has 1 atom stereocenters. The molecule has 16 heavy (non-hydrogen) atoms. The Labute approximate surface area is 97.3 Å². The van der Waals surface area contributed by atoms with Gasteiger partial charge in [0.15, 0.2) is 0 Å². The van der Waals surface area contributed by atoms with Gasteiger partial charge in [-0.3, -0.25) is 4.79 Å². The normalized spacial score (nSPS) is 12.1. The van der Waals surface area contributed by atoms with E-state index in [1.54, 1.807) is 6.20 Å². The van der Waals surface area contributed by atoms with E-state index in [1.165, 1.54) is 0 Å². The molecule has 1 aromatic rings. The SMILES string of the molecule is CCCC[C@H](CC)C(=O)Nc1ccccn1. The van der Waals surface area contributed by atoms with E-state index < -0.39 is 0 Å². The van der Waals surface area contributed by atoms with Gasteiger partial charge in [-0.1, -0.05) is 32.8 Å². The highest BCUT2D eigenvalue weighted by atomic mass is 16.1. The Kier molecular flexibility index (Phi) is 5.54. The molecule has 1 aromatic heterocycles. The van der Waals surface area contributed by atoms with E-state index in [-0.39, 0.29) is 11.8 Å². The van der Waals surface area contributed by atoms with Gasteiger partial charge in [-0.15, -0.1) is 0 Å². The number of pyridine rings is 1. The minimum Gasteiger partial charge on any atom is -0.310 e. The molecule has 0 fully saturated rings. The number of nitrogens with one attached hydrogen (secondary N) is 1. The van der Waals surface area contributed by atoms with Gasteiger partial charge < -0.3 is 5.32 Å². The second-order valence-corrected chi connectivity index (χ2v) is 3.95. The molecule has 0 spiro atoms. The number of hydrogen-bond acceptors (Lipinski definition) is 2. The van der Waals surface area contributed by atoms with Crippen LogP contribution in [0.25, 0.3) is 0 Å². The monoisotopic (exact) mass is 220 g/mol. The third-order valence-electron chi connectivity index (χ3n) is 2.69. The Morgan fingerprint density at radius 2 is 2.25 bits per heavy atom. The topological polar surface area (TPSA) is 42.0 Å². The maximum absolute atomic E-state index is 11.9. The summed E-state index contributed by atoms with van der Waals surface area (Å²) in [6.45, 7) is 4.20. The molecule has 1 amide bonds. The Hall–Kier alpha value is -1.38. The van der Waals surface area contributed by atoms with E-state index in [2.05, 4.69) is 24.1 Å². The smallest absolute Gasteiger partial charge is 0.228 e. The van der Waals surface area contributed by atoms with Gasteiger partial charge >= 0.3 is 0 Å². The van der Waals surface area contributed by atoms with E-state index in [9.17, 15) is 4.79 Å². The quantitative estimate of drug-likeness (QED) is 0.799. The average Bonchev–Trinajstić information content (AvgIpc) is 2.31. The van der Waals surface area contributed by atoms with Crippen LogP contribution in [0.1, 0.15) is 39.5 Å². The lowest BCUT2D eigenvalue weighted by Gasteiger charge is -2.13. The first-order valence-corrected chi connectivity index (χ1v) is 5.99. The van der Waals surface area contributed by atoms with E-state index in [0.29, 0.717) is 5.82 Å². The molecule has 0 aliphatic heterocycles. The number of hydrogen-bond donors (Lipinski definition) is 1. The molecule has 1 heterocycles. The molecule has 0 saturated carbocycles. The summed E-state index contributed by atoms with van der Waals surface area (Å²) in [7, 11) is 0. The molecule has 0 saturated heterocycles. The maximum Gasteiger partial charge on any atom is 0.228 e. The van der Waals surface area contributed by atoms with Gasteiger partial charge in [0.05, 0.1) is 0 Å². The van der Waals surface area contributed by atoms with Crippen molar-refractivity contribution in [3.05, 3.63) is 24.4 Å². The summed E-state index contributed by atoms with van der Waals surface area (Å²) in [4.78, 5) is 16.0. The summed E-state index contributed by atoms with van der Waals surface area (Å²) < 4.78 is 0. The lowest BCUT2D eigenvalue weighted by Crippen LogP contribution is -2.22. The number of anilines is 1. The van der Waals surface area contributed by atoms with Crippen LogP contribution in [0.4, 0.5) is 5.82 Å². The molecule has 3 heteroatoms. The zero-order chi connectivity index (χ0) is 11.8. The number of amides is 1. The molecule has 0 aliphatic rings. The van der Waals surface area contributed by atoms with Gasteiger partial charge in [0, 0.05) is 12.1 Å². The van der Waals surface area contributed by atoms with Crippen LogP contribution in [0.2, 0.25) is 0 Å². The lowest BCUT2D eigenvalue weighted by molar-refractivity contribution is -0.120. The van der Waals surface area contributed by atoms with Crippen molar-refractivity contribution in [3.8, 4) is 0 Å². The van der Waals surface area contributed by atoms with Gasteiger partial charge in [0.2, 0.25) is 5.91 Å². The van der Waals surface area contributed by atoms with Gasteiger partial charge in [0.1, 0.15) is 5.82 Å². The Bertz CT molecular complexity index is 311. The molecule has 3 nitrogen and oxygen atoms in total. The summed E-state index contributed by atoms with van der Waals surface area (Å²) in [5, 5.41) is 2.85. The van der Waals surface area contributed by atoms with Crippen LogP contribution in [-0.4, -0.2) is 10.9 Å². The molecular formula is C13H20N2O. The largest absolute Gasteiger partial charge is 0.310 e. The standard InChI is InChI=1S/C13H20N2O/c1-3-5-8-11(4-2)13(16)15-12-9-6-7-10-14-12/h6-7,9-11H,3-5,8H2,1-2H3,(H,14,15,16)/t11-/m0/s1. The van der Waals surface area contributed by atoms with Crippen LogP contribution < -0.4 is 5.32 Å². The second kappa shape index (κ2) is 6.99. The number of carbonyl (C=O) groups excluding carboxylic acids is 1. The number of aromatic nitrogens is 1. The van der Waals surface area contributed by atoms with E-state index in [4.69, 9.17) is 0 Å². The van der Waals surface area contributed by atoms with Crippen molar-refractivity contribution in [2.75, 3.05) is 5.32 Å². The first-order chi connectivity index (χ1) is 7.77. The number of unbranched alkanes of at least 4 members (excludes halogenated alkanes) is 1. The molecule has 0 radical (unpaired) electrons. The molecular weight excluding hydrogens is 200 g/mol. The molecule has 0 aromatic carbocycles. The van der Waals surface area contributed by atoms with Crippen LogP contribution in [-0.2, 0) is 4.79 Å². The van der Waals surface area contributed by atoms with Crippen LogP contribution in [0, 0.1) is 5.92 Å². The minimum absolute atomic E-state index is 0.0923. The maximum atomic E-state index is 11.9. The van der Waals surface area contributed by atoms with Gasteiger partial charge in [-0.2, -0.15) is 0 Å². The Morgan fingerprint density at radius 3 is 2.81 bits per heavy atom. The third-order valence-corrected chi connectivity index (χ3v) is 2.69. The van der Waals surface area contributed by atoms with Crippen molar-refractivity contribution in [1.29, 1.82) is 0 Å². The van der Waals surface area contributed by atoms with Crippen molar-refractivity contribution in [2.45, 2.75) is 39.5 Å². The van der Waals surface area contributed by atoms with E-state index >= 15 is 0 Å². The molecule has 1 N–H and O–H groups in total. The highest BCUT2D eigenvalue weighted by molar-refractivity contribution is 5.91. The minimum atomic E-state index is 0.0923. The summed E-state index contributed by atoms with van der Waals surface area (Å²) in [6.07, 6.45) is 5.77. The van der Waals surface area contributed by atoms with Crippen LogP contribution in [0.15, 0.2) is 24.4 Å². The summed E-state index contributed by atoms with van der Waals surface area (Å²) in [6, 6.07) is 5.52. The fourth-order valence-electron chi connectivity index (χ4n) is 1.64. The van der Waals surface area contributed by atoms with E-state index in [1.807, 2.05) is 18.2 Å².